The number of nitrogens with zero attached hydrogens (tertiary/aromatic N) is 2. The fraction of sp³-hybridized carbons (Fsp3) is 0. The van der Waals surface area contributed by atoms with E-state index in [4.69, 9.17) is 10.2 Å². The second-order valence-corrected chi connectivity index (χ2v) is 5.81. The number of hydrogen-bond donors (Lipinski definition) is 2. The van der Waals surface area contributed by atoms with E-state index in [9.17, 15) is 9.59 Å². The van der Waals surface area contributed by atoms with Crippen molar-refractivity contribution in [3.05, 3.63) is 48.0 Å². The Balaban J connectivity index is 2.08. The van der Waals surface area contributed by atoms with E-state index in [-0.39, 0.29) is 11.4 Å². The monoisotopic (exact) mass is 308 g/mol. The molecule has 2 rings (SSSR count). The lowest BCUT2D eigenvalue weighted by atomic mass is 10.3. The molecule has 2 aromatic heterocycles. The van der Waals surface area contributed by atoms with Gasteiger partial charge in [0.1, 0.15) is 11.4 Å². The molecule has 0 bridgehead atoms. The lowest BCUT2D eigenvalue weighted by molar-refractivity contribution is 0.0679. The summed E-state index contributed by atoms with van der Waals surface area (Å²) in [7, 11) is 2.64. The van der Waals surface area contributed by atoms with Gasteiger partial charge in [-0.25, -0.2) is 19.6 Å². The zero-order chi connectivity index (χ0) is 14.5. The van der Waals surface area contributed by atoms with Crippen molar-refractivity contribution in [1.82, 2.24) is 9.97 Å². The minimum atomic E-state index is -1.09. The van der Waals surface area contributed by atoms with Crippen molar-refractivity contribution in [3.8, 4) is 0 Å². The van der Waals surface area contributed by atoms with E-state index in [1.807, 2.05) is 0 Å². The summed E-state index contributed by atoms with van der Waals surface area (Å²) in [6.45, 7) is 0. The number of aromatic carboxylic acids is 2. The molecule has 0 amide bonds. The maximum absolute atomic E-state index is 10.8. The van der Waals surface area contributed by atoms with Crippen molar-refractivity contribution in [2.45, 2.75) is 9.79 Å². The van der Waals surface area contributed by atoms with Gasteiger partial charge in [0.15, 0.2) is 0 Å². The number of aromatic nitrogens is 2. The standard InChI is InChI=1S/C12H8N2O4S2/c15-11(16)9-5-7(1-3-13-9)19-20-8-2-4-14-10(6-8)12(17)18/h1-6H,(H,15,16)(H,17,18). The van der Waals surface area contributed by atoms with Crippen LogP contribution in [0.1, 0.15) is 21.0 Å². The maximum Gasteiger partial charge on any atom is 0.354 e. The molecule has 2 aromatic rings. The molecule has 2 N–H and O–H groups in total. The SMILES string of the molecule is O=C(O)c1cc(SSc2ccnc(C(=O)O)c2)ccn1. The summed E-state index contributed by atoms with van der Waals surface area (Å²) >= 11 is 0. The van der Waals surface area contributed by atoms with Crippen molar-refractivity contribution in [2.24, 2.45) is 0 Å². The molecular weight excluding hydrogens is 300 g/mol. The molecule has 20 heavy (non-hydrogen) atoms. The molecule has 0 atom stereocenters. The van der Waals surface area contributed by atoms with Crippen molar-refractivity contribution < 1.29 is 19.8 Å². The fourth-order valence-electron chi connectivity index (χ4n) is 1.26. The number of carboxylic acid groups (broad SMARTS) is 2. The lowest BCUT2D eigenvalue weighted by Crippen LogP contribution is -1.99. The average molecular weight is 308 g/mol. The molecule has 0 spiro atoms. The average Bonchev–Trinajstić information content (AvgIpc) is 2.45. The second-order valence-electron chi connectivity index (χ2n) is 3.53. The van der Waals surface area contributed by atoms with Gasteiger partial charge in [-0.15, -0.1) is 0 Å². The molecule has 0 aliphatic heterocycles. The Kier molecular flexibility index (Phi) is 4.59. The third-order valence-electron chi connectivity index (χ3n) is 2.14. The molecule has 0 radical (unpaired) electrons. The van der Waals surface area contributed by atoms with E-state index in [1.165, 1.54) is 46.1 Å². The van der Waals surface area contributed by atoms with Gasteiger partial charge < -0.3 is 10.2 Å². The Morgan fingerprint density at radius 1 is 0.850 bits per heavy atom. The van der Waals surface area contributed by atoms with Crippen LogP contribution in [0.3, 0.4) is 0 Å². The Morgan fingerprint density at radius 2 is 1.25 bits per heavy atom. The number of pyridine rings is 2. The van der Waals surface area contributed by atoms with Crippen molar-refractivity contribution in [3.63, 3.8) is 0 Å². The second kappa shape index (κ2) is 6.40. The molecule has 0 aliphatic rings. The molecule has 8 heteroatoms. The minimum Gasteiger partial charge on any atom is -0.477 e. The molecule has 0 saturated carbocycles. The molecule has 0 saturated heterocycles. The number of rotatable bonds is 5. The first-order valence-electron chi connectivity index (χ1n) is 5.29. The third kappa shape index (κ3) is 3.72. The Hall–Kier alpha value is -2.06. The highest BCUT2D eigenvalue weighted by atomic mass is 33.1. The molecule has 102 valence electrons. The van der Waals surface area contributed by atoms with Crippen molar-refractivity contribution in [1.29, 1.82) is 0 Å². The molecule has 0 unspecified atom stereocenters. The Morgan fingerprint density at radius 3 is 1.60 bits per heavy atom. The highest BCUT2D eigenvalue weighted by Crippen LogP contribution is 2.37. The summed E-state index contributed by atoms with van der Waals surface area (Å²) in [5, 5.41) is 17.7. The highest BCUT2D eigenvalue weighted by molar-refractivity contribution is 8.76. The van der Waals surface area contributed by atoms with Crippen LogP contribution >= 0.6 is 21.6 Å². The van der Waals surface area contributed by atoms with Crippen LogP contribution in [0.15, 0.2) is 46.5 Å². The minimum absolute atomic E-state index is 0.0310. The maximum atomic E-state index is 10.8. The molecule has 6 nitrogen and oxygen atoms in total. The first-order chi connectivity index (χ1) is 9.56. The summed E-state index contributed by atoms with van der Waals surface area (Å²) in [5.41, 5.74) is -0.0619. The quantitative estimate of drug-likeness (QED) is 0.813. The van der Waals surface area contributed by atoms with Crippen LogP contribution in [-0.2, 0) is 0 Å². The number of carboxylic acids is 2. The predicted octanol–water partition coefficient (Wildman–Crippen LogP) is 2.67. The van der Waals surface area contributed by atoms with Crippen LogP contribution in [0.5, 0.6) is 0 Å². The van der Waals surface area contributed by atoms with Crippen LogP contribution in [0, 0.1) is 0 Å². The van der Waals surface area contributed by atoms with Crippen LogP contribution in [0.25, 0.3) is 0 Å². The van der Waals surface area contributed by atoms with Gasteiger partial charge in [-0.2, -0.15) is 0 Å². The third-order valence-corrected chi connectivity index (χ3v) is 4.52. The van der Waals surface area contributed by atoms with E-state index < -0.39 is 11.9 Å². The lowest BCUT2D eigenvalue weighted by Gasteiger charge is -2.02. The Labute approximate surface area is 121 Å². The summed E-state index contributed by atoms with van der Waals surface area (Å²) in [4.78, 5) is 30.5. The van der Waals surface area contributed by atoms with E-state index in [0.29, 0.717) is 0 Å². The molecule has 0 aromatic carbocycles. The predicted molar refractivity (Wildman–Crippen MR) is 74.1 cm³/mol. The normalized spacial score (nSPS) is 10.2. The van der Waals surface area contributed by atoms with Crippen LogP contribution in [-0.4, -0.2) is 32.1 Å². The number of carbonyl (C=O) groups is 2. The summed E-state index contributed by atoms with van der Waals surface area (Å²) in [5.74, 6) is -2.18. The first-order valence-corrected chi connectivity index (χ1v) is 7.44. The Bertz CT molecular complexity index is 606. The van der Waals surface area contributed by atoms with Crippen molar-refractivity contribution >= 4 is 33.5 Å². The van der Waals surface area contributed by atoms with Crippen LogP contribution in [0.2, 0.25) is 0 Å². The van der Waals surface area contributed by atoms with E-state index in [0.717, 1.165) is 9.79 Å². The summed E-state index contributed by atoms with van der Waals surface area (Å²) in [6, 6.07) is 6.28. The van der Waals surface area contributed by atoms with Crippen molar-refractivity contribution in [2.75, 3.05) is 0 Å². The molecule has 0 aliphatic carbocycles. The largest absolute Gasteiger partial charge is 0.477 e. The molecule has 0 fully saturated rings. The summed E-state index contributed by atoms with van der Waals surface area (Å²) < 4.78 is 0. The van der Waals surface area contributed by atoms with Gasteiger partial charge in [-0.05, 0) is 24.3 Å². The van der Waals surface area contributed by atoms with E-state index in [1.54, 1.807) is 12.1 Å². The zero-order valence-corrected chi connectivity index (χ0v) is 11.5. The molecular formula is C12H8N2O4S2. The van der Waals surface area contributed by atoms with Gasteiger partial charge in [-0.3, -0.25) is 0 Å². The van der Waals surface area contributed by atoms with Gasteiger partial charge in [0.05, 0.1) is 0 Å². The van der Waals surface area contributed by atoms with Crippen LogP contribution in [0.4, 0.5) is 0 Å². The van der Waals surface area contributed by atoms with Gasteiger partial charge >= 0.3 is 11.9 Å². The van der Waals surface area contributed by atoms with Gasteiger partial charge in [-0.1, -0.05) is 21.6 Å². The topological polar surface area (TPSA) is 100 Å². The number of hydrogen-bond acceptors (Lipinski definition) is 6. The zero-order valence-electron chi connectivity index (χ0n) is 9.89. The molecule has 2 heterocycles. The van der Waals surface area contributed by atoms with E-state index >= 15 is 0 Å². The highest BCUT2D eigenvalue weighted by Gasteiger charge is 2.08. The fourth-order valence-corrected chi connectivity index (χ4v) is 3.20. The van der Waals surface area contributed by atoms with Gasteiger partial charge in [0.2, 0.25) is 0 Å². The smallest absolute Gasteiger partial charge is 0.354 e. The van der Waals surface area contributed by atoms with Crippen LogP contribution < -0.4 is 0 Å². The first kappa shape index (κ1) is 14.4. The van der Waals surface area contributed by atoms with Gasteiger partial charge in [0.25, 0.3) is 0 Å². The van der Waals surface area contributed by atoms with E-state index in [2.05, 4.69) is 9.97 Å². The van der Waals surface area contributed by atoms with Gasteiger partial charge in [0, 0.05) is 22.2 Å². The summed E-state index contributed by atoms with van der Waals surface area (Å²) in [6.07, 6.45) is 2.84.